The summed E-state index contributed by atoms with van der Waals surface area (Å²) in [5.74, 6) is 0.333. The number of carbonyl (C=O) groups is 1. The number of hydrogen-bond acceptors (Lipinski definition) is 4. The fourth-order valence-corrected chi connectivity index (χ4v) is 4.58. The predicted molar refractivity (Wildman–Crippen MR) is 129 cm³/mol. The van der Waals surface area contributed by atoms with Gasteiger partial charge in [-0.1, -0.05) is 23.7 Å². The molecule has 1 aliphatic rings. The Morgan fingerprint density at radius 3 is 2.43 bits per heavy atom. The van der Waals surface area contributed by atoms with E-state index in [1.54, 1.807) is 36.3 Å². The molecular formula is C25H26ClF3N4O2. The number of aromatic nitrogens is 2. The minimum absolute atomic E-state index is 0.0720. The van der Waals surface area contributed by atoms with Crippen LogP contribution >= 0.6 is 11.6 Å². The Morgan fingerprint density at radius 2 is 1.83 bits per heavy atom. The number of benzene rings is 2. The molecular weight excluding hydrogens is 481 g/mol. The van der Waals surface area contributed by atoms with Gasteiger partial charge in [-0.3, -0.25) is 4.79 Å². The lowest BCUT2D eigenvalue weighted by atomic mass is 9.91. The number of anilines is 2. The van der Waals surface area contributed by atoms with E-state index in [9.17, 15) is 18.0 Å². The molecule has 0 aliphatic carbocycles. The summed E-state index contributed by atoms with van der Waals surface area (Å²) in [6.45, 7) is 3.91. The SMILES string of the molecule is COc1ccc(CC(C)(C)N(C(=O)c2cnn3c2NCCC3C(F)(F)F)c2ccc(Cl)cc2)cc1. The van der Waals surface area contributed by atoms with Crippen LogP contribution in [0.4, 0.5) is 24.7 Å². The lowest BCUT2D eigenvalue weighted by Gasteiger charge is -2.39. The molecule has 2 aromatic carbocycles. The molecule has 35 heavy (non-hydrogen) atoms. The van der Waals surface area contributed by atoms with Gasteiger partial charge in [-0.05, 0) is 68.7 Å². The first-order valence-corrected chi connectivity index (χ1v) is 11.5. The van der Waals surface area contributed by atoms with Gasteiger partial charge in [0.1, 0.15) is 17.1 Å². The van der Waals surface area contributed by atoms with E-state index in [0.717, 1.165) is 10.2 Å². The number of hydrogen-bond donors (Lipinski definition) is 1. The molecule has 1 atom stereocenters. The maximum atomic E-state index is 14.0. The molecule has 3 aromatic rings. The molecule has 10 heteroatoms. The van der Waals surface area contributed by atoms with Crippen molar-refractivity contribution < 1.29 is 22.7 Å². The van der Waals surface area contributed by atoms with E-state index in [-0.39, 0.29) is 24.3 Å². The van der Waals surface area contributed by atoms with Gasteiger partial charge in [0.05, 0.1) is 13.3 Å². The van der Waals surface area contributed by atoms with Crippen molar-refractivity contribution >= 4 is 29.0 Å². The molecule has 186 valence electrons. The minimum Gasteiger partial charge on any atom is -0.497 e. The number of nitrogens with zero attached hydrogens (tertiary/aromatic N) is 3. The van der Waals surface area contributed by atoms with Crippen molar-refractivity contribution in [2.24, 2.45) is 0 Å². The number of rotatable bonds is 6. The van der Waals surface area contributed by atoms with Crippen LogP contribution in [0.15, 0.2) is 54.7 Å². The molecule has 0 spiro atoms. The van der Waals surface area contributed by atoms with Gasteiger partial charge in [0.2, 0.25) is 0 Å². The average Bonchev–Trinajstić information content (AvgIpc) is 3.24. The van der Waals surface area contributed by atoms with E-state index in [4.69, 9.17) is 16.3 Å². The van der Waals surface area contributed by atoms with Crippen LogP contribution in [0.1, 0.15) is 42.2 Å². The smallest absolute Gasteiger partial charge is 0.410 e. The second-order valence-electron chi connectivity index (χ2n) is 9.08. The topological polar surface area (TPSA) is 59.4 Å². The number of nitrogens with one attached hydrogen (secondary N) is 1. The summed E-state index contributed by atoms with van der Waals surface area (Å²) < 4.78 is 46.8. The third-order valence-corrected chi connectivity index (χ3v) is 6.35. The number of fused-ring (bicyclic) bond motifs is 1. The van der Waals surface area contributed by atoms with Gasteiger partial charge in [0.15, 0.2) is 6.04 Å². The van der Waals surface area contributed by atoms with Gasteiger partial charge in [0.25, 0.3) is 5.91 Å². The summed E-state index contributed by atoms with van der Waals surface area (Å²) in [5.41, 5.74) is 0.861. The molecule has 0 saturated carbocycles. The van der Waals surface area contributed by atoms with E-state index in [1.807, 2.05) is 38.1 Å². The molecule has 1 aliphatic heterocycles. The first-order chi connectivity index (χ1) is 16.5. The highest BCUT2D eigenvalue weighted by Crippen LogP contribution is 2.39. The predicted octanol–water partition coefficient (Wildman–Crippen LogP) is 6.13. The summed E-state index contributed by atoms with van der Waals surface area (Å²) in [6.07, 6.45) is -2.93. The summed E-state index contributed by atoms with van der Waals surface area (Å²) in [6, 6.07) is 12.5. The molecule has 4 rings (SSSR count). The van der Waals surface area contributed by atoms with Gasteiger partial charge < -0.3 is 15.0 Å². The average molecular weight is 507 g/mol. The van der Waals surface area contributed by atoms with E-state index >= 15 is 0 Å². The normalized spacial score (nSPS) is 15.8. The van der Waals surface area contributed by atoms with Crippen LogP contribution in [0.25, 0.3) is 0 Å². The van der Waals surface area contributed by atoms with E-state index in [1.165, 1.54) is 6.20 Å². The van der Waals surface area contributed by atoms with Gasteiger partial charge >= 0.3 is 6.18 Å². The Morgan fingerprint density at radius 1 is 1.17 bits per heavy atom. The molecule has 0 saturated heterocycles. The quantitative estimate of drug-likeness (QED) is 0.437. The van der Waals surface area contributed by atoms with Crippen molar-refractivity contribution in [1.29, 1.82) is 0 Å². The zero-order valence-electron chi connectivity index (χ0n) is 19.6. The maximum absolute atomic E-state index is 14.0. The van der Waals surface area contributed by atoms with Crippen LogP contribution < -0.4 is 15.0 Å². The van der Waals surface area contributed by atoms with Gasteiger partial charge in [-0.15, -0.1) is 0 Å². The van der Waals surface area contributed by atoms with Crippen molar-refractivity contribution in [2.45, 2.75) is 44.4 Å². The summed E-state index contributed by atoms with van der Waals surface area (Å²) in [5, 5.41) is 7.40. The number of halogens is 4. The molecule has 0 radical (unpaired) electrons. The summed E-state index contributed by atoms with van der Waals surface area (Å²) in [7, 11) is 1.59. The van der Waals surface area contributed by atoms with Crippen LogP contribution in [0, 0.1) is 0 Å². The number of alkyl halides is 3. The second kappa shape index (κ2) is 9.45. The van der Waals surface area contributed by atoms with E-state index in [0.29, 0.717) is 22.9 Å². The number of ether oxygens (including phenoxy) is 1. The highest BCUT2D eigenvalue weighted by molar-refractivity contribution is 6.30. The lowest BCUT2D eigenvalue weighted by Crippen LogP contribution is -2.50. The zero-order valence-corrected chi connectivity index (χ0v) is 20.3. The summed E-state index contributed by atoms with van der Waals surface area (Å²) in [4.78, 5) is 15.5. The fourth-order valence-electron chi connectivity index (χ4n) is 4.46. The van der Waals surface area contributed by atoms with Crippen molar-refractivity contribution in [3.63, 3.8) is 0 Å². The van der Waals surface area contributed by atoms with Crippen LogP contribution in [0.5, 0.6) is 5.75 Å². The van der Waals surface area contributed by atoms with E-state index < -0.39 is 23.7 Å². The largest absolute Gasteiger partial charge is 0.497 e. The first-order valence-electron chi connectivity index (χ1n) is 11.1. The highest BCUT2D eigenvalue weighted by Gasteiger charge is 2.45. The van der Waals surface area contributed by atoms with Crippen molar-refractivity contribution in [2.75, 3.05) is 23.9 Å². The van der Waals surface area contributed by atoms with E-state index in [2.05, 4.69) is 10.4 Å². The Labute approximate surface area is 206 Å². The van der Waals surface area contributed by atoms with Crippen molar-refractivity contribution in [3.8, 4) is 5.75 Å². The molecule has 2 heterocycles. The number of methoxy groups -OCH3 is 1. The van der Waals surface area contributed by atoms with Gasteiger partial charge in [-0.2, -0.15) is 18.3 Å². The Bertz CT molecular complexity index is 1190. The first kappa shape index (κ1) is 24.9. The Kier molecular flexibility index (Phi) is 6.73. The number of amides is 1. The van der Waals surface area contributed by atoms with Crippen LogP contribution in [0.2, 0.25) is 5.02 Å². The second-order valence-corrected chi connectivity index (χ2v) is 9.51. The Hall–Kier alpha value is -3.20. The molecule has 1 N–H and O–H groups in total. The minimum atomic E-state index is -4.47. The fraction of sp³-hybridized carbons (Fsp3) is 0.360. The van der Waals surface area contributed by atoms with Crippen LogP contribution in [0.3, 0.4) is 0 Å². The number of carbonyl (C=O) groups excluding carboxylic acids is 1. The lowest BCUT2D eigenvalue weighted by molar-refractivity contribution is -0.171. The van der Waals surface area contributed by atoms with Crippen LogP contribution in [-0.2, 0) is 6.42 Å². The summed E-state index contributed by atoms with van der Waals surface area (Å²) >= 11 is 6.08. The standard InChI is InChI=1S/C25H26ClF3N4O2/c1-24(2,14-16-4-10-19(35-3)11-5-16)32(18-8-6-17(26)7-9-18)23(34)20-15-31-33-21(25(27,28)29)12-13-30-22(20)33/h4-11,15,21,30H,12-14H2,1-3H3. The molecule has 0 bridgehead atoms. The Balaban J connectivity index is 1.74. The zero-order chi connectivity index (χ0) is 25.4. The molecule has 6 nitrogen and oxygen atoms in total. The molecule has 0 fully saturated rings. The van der Waals surface area contributed by atoms with Crippen LogP contribution in [-0.4, -0.2) is 41.1 Å². The monoisotopic (exact) mass is 506 g/mol. The maximum Gasteiger partial charge on any atom is 0.410 e. The third-order valence-electron chi connectivity index (χ3n) is 6.10. The third kappa shape index (κ3) is 5.10. The molecule has 1 unspecified atom stereocenters. The highest BCUT2D eigenvalue weighted by atomic mass is 35.5. The van der Waals surface area contributed by atoms with Crippen molar-refractivity contribution in [3.05, 3.63) is 70.9 Å². The molecule has 1 aromatic heterocycles. The van der Waals surface area contributed by atoms with Crippen molar-refractivity contribution in [1.82, 2.24) is 9.78 Å². The van der Waals surface area contributed by atoms with Gasteiger partial charge in [-0.25, -0.2) is 4.68 Å². The molecule has 1 amide bonds. The van der Waals surface area contributed by atoms with Gasteiger partial charge in [0, 0.05) is 22.8 Å².